The summed E-state index contributed by atoms with van der Waals surface area (Å²) in [7, 11) is 0. The topological polar surface area (TPSA) is 35.2 Å². The van der Waals surface area contributed by atoms with Gasteiger partial charge in [-0.25, -0.2) is 4.39 Å². The molecule has 0 aliphatic heterocycles. The van der Waals surface area contributed by atoms with Crippen LogP contribution in [0.5, 0.6) is 5.75 Å². The molecule has 2 N–H and O–H groups in total. The number of nitrogens with two attached hydrogens (primary N) is 1. The van der Waals surface area contributed by atoms with Crippen LogP contribution in [0.25, 0.3) is 0 Å². The van der Waals surface area contributed by atoms with Gasteiger partial charge in [0.2, 0.25) is 0 Å². The van der Waals surface area contributed by atoms with Crippen molar-refractivity contribution in [2.75, 3.05) is 13.3 Å². The molecule has 0 aliphatic rings. The van der Waals surface area contributed by atoms with E-state index < -0.39 is 6.67 Å². The van der Waals surface area contributed by atoms with Crippen LogP contribution in [0.2, 0.25) is 0 Å². The molecule has 0 amide bonds. The molecule has 1 aromatic carbocycles. The molecule has 0 heterocycles. The Labute approximate surface area is 77.5 Å². The van der Waals surface area contributed by atoms with E-state index in [1.54, 1.807) is 0 Å². The number of aryl methyl sites for hydroxylation is 1. The number of hydrogen-bond donors (Lipinski definition) is 1. The van der Waals surface area contributed by atoms with Crippen LogP contribution < -0.4 is 10.5 Å². The van der Waals surface area contributed by atoms with Gasteiger partial charge in [-0.2, -0.15) is 0 Å². The average molecular weight is 183 g/mol. The Morgan fingerprint density at radius 2 is 2.23 bits per heavy atom. The fourth-order valence-electron chi connectivity index (χ4n) is 1.22. The summed E-state index contributed by atoms with van der Waals surface area (Å²) in [5.41, 5.74) is 7.44. The van der Waals surface area contributed by atoms with Crippen molar-refractivity contribution < 1.29 is 9.13 Å². The van der Waals surface area contributed by atoms with Crippen LogP contribution in [0, 0.1) is 6.92 Å². The van der Waals surface area contributed by atoms with Crippen LogP contribution in [-0.2, 0) is 6.54 Å². The van der Waals surface area contributed by atoms with Crippen LogP contribution in [0.15, 0.2) is 18.2 Å². The Balaban J connectivity index is 2.87. The molecule has 0 aromatic heterocycles. The van der Waals surface area contributed by atoms with Gasteiger partial charge in [-0.1, -0.05) is 18.2 Å². The third-order valence-electron chi connectivity index (χ3n) is 1.84. The van der Waals surface area contributed by atoms with E-state index in [1.807, 2.05) is 25.1 Å². The lowest BCUT2D eigenvalue weighted by Gasteiger charge is -2.11. The van der Waals surface area contributed by atoms with Crippen LogP contribution in [0.3, 0.4) is 0 Å². The van der Waals surface area contributed by atoms with Gasteiger partial charge in [0.15, 0.2) is 0 Å². The van der Waals surface area contributed by atoms with Crippen molar-refractivity contribution >= 4 is 0 Å². The van der Waals surface area contributed by atoms with E-state index in [9.17, 15) is 4.39 Å². The van der Waals surface area contributed by atoms with Gasteiger partial charge in [-0.15, -0.1) is 0 Å². The molecule has 0 unspecified atom stereocenters. The SMILES string of the molecule is Cc1cccc(CN)c1OCCF. The third kappa shape index (κ3) is 2.42. The summed E-state index contributed by atoms with van der Waals surface area (Å²) in [5, 5.41) is 0. The molecule has 0 bridgehead atoms. The second kappa shape index (κ2) is 4.82. The number of halogens is 1. The fraction of sp³-hybridized carbons (Fsp3) is 0.400. The highest BCUT2D eigenvalue weighted by atomic mass is 19.1. The van der Waals surface area contributed by atoms with Crippen molar-refractivity contribution in [3.8, 4) is 5.75 Å². The smallest absolute Gasteiger partial charge is 0.126 e. The van der Waals surface area contributed by atoms with Gasteiger partial charge in [0, 0.05) is 12.1 Å². The second-order valence-electron chi connectivity index (χ2n) is 2.80. The Kier molecular flexibility index (Phi) is 3.71. The quantitative estimate of drug-likeness (QED) is 0.772. The zero-order valence-corrected chi connectivity index (χ0v) is 7.72. The summed E-state index contributed by atoms with van der Waals surface area (Å²) in [4.78, 5) is 0. The lowest BCUT2D eigenvalue weighted by atomic mass is 10.1. The van der Waals surface area contributed by atoms with Gasteiger partial charge in [0.1, 0.15) is 19.0 Å². The zero-order chi connectivity index (χ0) is 9.68. The molecule has 2 nitrogen and oxygen atoms in total. The monoisotopic (exact) mass is 183 g/mol. The first kappa shape index (κ1) is 9.99. The predicted octanol–water partition coefficient (Wildman–Crippen LogP) is 1.80. The summed E-state index contributed by atoms with van der Waals surface area (Å²) in [6.45, 7) is 1.96. The van der Waals surface area contributed by atoms with E-state index in [1.165, 1.54) is 0 Å². The first-order chi connectivity index (χ1) is 6.29. The lowest BCUT2D eigenvalue weighted by molar-refractivity contribution is 0.269. The normalized spacial score (nSPS) is 10.1. The first-order valence-electron chi connectivity index (χ1n) is 4.27. The maximum absolute atomic E-state index is 11.9. The molecule has 3 heteroatoms. The van der Waals surface area contributed by atoms with Crippen molar-refractivity contribution in [2.45, 2.75) is 13.5 Å². The number of rotatable bonds is 4. The highest BCUT2D eigenvalue weighted by Gasteiger charge is 2.04. The van der Waals surface area contributed by atoms with E-state index in [0.29, 0.717) is 6.54 Å². The van der Waals surface area contributed by atoms with Crippen LogP contribution in [0.1, 0.15) is 11.1 Å². The lowest BCUT2D eigenvalue weighted by Crippen LogP contribution is -2.06. The molecule has 1 aromatic rings. The number of benzene rings is 1. The minimum absolute atomic E-state index is 0.0951. The highest BCUT2D eigenvalue weighted by Crippen LogP contribution is 2.22. The molecule has 0 aliphatic carbocycles. The van der Waals surface area contributed by atoms with Crippen molar-refractivity contribution in [2.24, 2.45) is 5.73 Å². The van der Waals surface area contributed by atoms with Gasteiger partial charge >= 0.3 is 0 Å². The van der Waals surface area contributed by atoms with Crippen LogP contribution in [-0.4, -0.2) is 13.3 Å². The Hall–Kier alpha value is -1.09. The summed E-state index contributed by atoms with van der Waals surface area (Å²) in [6, 6.07) is 5.73. The van der Waals surface area contributed by atoms with Gasteiger partial charge in [0.25, 0.3) is 0 Å². The maximum Gasteiger partial charge on any atom is 0.126 e. The largest absolute Gasteiger partial charge is 0.490 e. The summed E-state index contributed by atoms with van der Waals surface area (Å²) < 4.78 is 17.1. The second-order valence-corrected chi connectivity index (χ2v) is 2.80. The molecule has 0 saturated carbocycles. The van der Waals surface area contributed by atoms with Crippen molar-refractivity contribution in [1.82, 2.24) is 0 Å². The number of alkyl halides is 1. The van der Waals surface area contributed by atoms with Crippen molar-refractivity contribution in [3.05, 3.63) is 29.3 Å². The van der Waals surface area contributed by atoms with Gasteiger partial charge in [0.05, 0.1) is 0 Å². The molecule has 1 rings (SSSR count). The summed E-state index contributed by atoms with van der Waals surface area (Å²) >= 11 is 0. The van der Waals surface area contributed by atoms with Crippen LogP contribution >= 0.6 is 0 Å². The van der Waals surface area contributed by atoms with E-state index in [4.69, 9.17) is 10.5 Å². The minimum Gasteiger partial charge on any atom is -0.490 e. The molecule has 0 saturated heterocycles. The van der Waals surface area contributed by atoms with E-state index >= 15 is 0 Å². The summed E-state index contributed by atoms with van der Waals surface area (Å²) in [6.07, 6.45) is 0. The number of hydrogen-bond acceptors (Lipinski definition) is 2. The predicted molar refractivity (Wildman–Crippen MR) is 50.5 cm³/mol. The molecule has 0 radical (unpaired) electrons. The average Bonchev–Trinajstić information content (AvgIpc) is 2.15. The Bertz CT molecular complexity index is 276. The Morgan fingerprint density at radius 1 is 1.46 bits per heavy atom. The number of para-hydroxylation sites is 1. The highest BCUT2D eigenvalue weighted by molar-refractivity contribution is 5.40. The molecular weight excluding hydrogens is 169 g/mol. The van der Waals surface area contributed by atoms with E-state index in [-0.39, 0.29) is 6.61 Å². The molecule has 0 spiro atoms. The maximum atomic E-state index is 11.9. The fourth-order valence-corrected chi connectivity index (χ4v) is 1.22. The van der Waals surface area contributed by atoms with Crippen LogP contribution in [0.4, 0.5) is 4.39 Å². The Morgan fingerprint density at radius 3 is 2.85 bits per heavy atom. The van der Waals surface area contributed by atoms with Crippen molar-refractivity contribution in [3.63, 3.8) is 0 Å². The molecule has 0 atom stereocenters. The van der Waals surface area contributed by atoms with Gasteiger partial charge in [-0.3, -0.25) is 0 Å². The van der Waals surface area contributed by atoms with E-state index in [2.05, 4.69) is 0 Å². The van der Waals surface area contributed by atoms with Gasteiger partial charge in [-0.05, 0) is 12.5 Å². The molecule has 72 valence electrons. The van der Waals surface area contributed by atoms with E-state index in [0.717, 1.165) is 16.9 Å². The first-order valence-corrected chi connectivity index (χ1v) is 4.27. The molecule has 13 heavy (non-hydrogen) atoms. The van der Waals surface area contributed by atoms with Crippen molar-refractivity contribution in [1.29, 1.82) is 0 Å². The minimum atomic E-state index is -0.474. The third-order valence-corrected chi connectivity index (χ3v) is 1.84. The standard InChI is InChI=1S/C10H14FNO/c1-8-3-2-4-9(7-12)10(8)13-6-5-11/h2-4H,5-7,12H2,1H3. The molecular formula is C10H14FNO. The molecule has 0 fully saturated rings. The van der Waals surface area contributed by atoms with Gasteiger partial charge < -0.3 is 10.5 Å². The summed E-state index contributed by atoms with van der Waals surface area (Å²) in [5.74, 6) is 0.725. The zero-order valence-electron chi connectivity index (χ0n) is 7.72. The number of ether oxygens (including phenoxy) is 1.